The van der Waals surface area contributed by atoms with Crippen LogP contribution in [0.5, 0.6) is 0 Å². The maximum absolute atomic E-state index is 13.8. The minimum absolute atomic E-state index is 0.0240. The molecular formula is C18H15ClF3N3O2. The molecule has 9 heteroatoms. The number of nitrogens with zero attached hydrogens (tertiary/aromatic N) is 2. The number of urea groups is 1. The lowest BCUT2D eigenvalue weighted by molar-refractivity contribution is -0.137. The predicted molar refractivity (Wildman–Crippen MR) is 93.5 cm³/mol. The van der Waals surface area contributed by atoms with Gasteiger partial charge in [0.15, 0.2) is 0 Å². The first kappa shape index (κ1) is 19.0. The lowest BCUT2D eigenvalue weighted by Gasteiger charge is -2.35. The van der Waals surface area contributed by atoms with Crippen molar-refractivity contribution in [1.29, 1.82) is 0 Å². The minimum atomic E-state index is -0.633. The van der Waals surface area contributed by atoms with E-state index in [1.807, 2.05) is 0 Å². The summed E-state index contributed by atoms with van der Waals surface area (Å²) < 4.78 is 40.3. The zero-order valence-electron chi connectivity index (χ0n) is 14.0. The average Bonchev–Trinajstić information content (AvgIpc) is 2.63. The fraction of sp³-hybridized carbons (Fsp3) is 0.222. The predicted octanol–water partition coefficient (Wildman–Crippen LogP) is 3.98. The van der Waals surface area contributed by atoms with E-state index in [9.17, 15) is 22.8 Å². The average molecular weight is 398 g/mol. The number of rotatable bonds is 3. The fourth-order valence-electron chi connectivity index (χ4n) is 2.69. The largest absolute Gasteiger partial charge is 0.323 e. The van der Waals surface area contributed by atoms with Crippen LogP contribution in [0.1, 0.15) is 12.0 Å². The van der Waals surface area contributed by atoms with Gasteiger partial charge in [0.1, 0.15) is 17.5 Å². The standard InChI is InChI=1S/C18H15ClF3N3O2/c19-14-8-13(2-4-16(14)22)23-18(27)24-6-5-17(26)25(10-24)9-11-7-12(20)1-3-15(11)21/h1-4,7-8H,5-6,9-10H2,(H,23,27). The van der Waals surface area contributed by atoms with E-state index in [2.05, 4.69) is 5.32 Å². The van der Waals surface area contributed by atoms with E-state index < -0.39 is 23.5 Å². The van der Waals surface area contributed by atoms with E-state index in [-0.39, 0.29) is 42.7 Å². The number of carbonyl (C=O) groups is 2. The van der Waals surface area contributed by atoms with E-state index in [0.717, 1.165) is 24.3 Å². The first-order chi connectivity index (χ1) is 12.8. The molecule has 1 saturated heterocycles. The smallest absolute Gasteiger partial charge is 0.320 e. The summed E-state index contributed by atoms with van der Waals surface area (Å²) in [7, 11) is 0. The van der Waals surface area contributed by atoms with Crippen LogP contribution in [0.25, 0.3) is 0 Å². The van der Waals surface area contributed by atoms with Gasteiger partial charge >= 0.3 is 6.03 Å². The van der Waals surface area contributed by atoms with Gasteiger partial charge in [0, 0.05) is 24.2 Å². The molecule has 2 aromatic carbocycles. The van der Waals surface area contributed by atoms with E-state index in [0.29, 0.717) is 5.69 Å². The second kappa shape index (κ2) is 7.87. The number of hydrogen-bond acceptors (Lipinski definition) is 2. The number of anilines is 1. The van der Waals surface area contributed by atoms with Crippen molar-refractivity contribution in [3.63, 3.8) is 0 Å². The molecule has 2 aromatic rings. The molecule has 0 radical (unpaired) electrons. The van der Waals surface area contributed by atoms with Gasteiger partial charge in [-0.15, -0.1) is 0 Å². The normalized spacial score (nSPS) is 14.4. The van der Waals surface area contributed by atoms with Crippen molar-refractivity contribution in [3.05, 3.63) is 64.4 Å². The SMILES string of the molecule is O=C1CCN(C(=O)Nc2ccc(F)c(Cl)c2)CN1Cc1cc(F)ccc1F. The maximum atomic E-state index is 13.8. The highest BCUT2D eigenvalue weighted by atomic mass is 35.5. The van der Waals surface area contributed by atoms with Crippen molar-refractivity contribution in [3.8, 4) is 0 Å². The highest BCUT2D eigenvalue weighted by molar-refractivity contribution is 6.31. The van der Waals surface area contributed by atoms with Gasteiger partial charge in [0.2, 0.25) is 5.91 Å². The summed E-state index contributed by atoms with van der Waals surface area (Å²) in [5, 5.41) is 2.43. The fourth-order valence-corrected chi connectivity index (χ4v) is 2.88. The van der Waals surface area contributed by atoms with Crippen LogP contribution in [0.2, 0.25) is 5.02 Å². The lowest BCUT2D eigenvalue weighted by atomic mass is 10.1. The van der Waals surface area contributed by atoms with E-state index in [4.69, 9.17) is 11.6 Å². The van der Waals surface area contributed by atoms with Crippen molar-refractivity contribution in [2.45, 2.75) is 13.0 Å². The molecular weight excluding hydrogens is 383 g/mol. The summed E-state index contributed by atoms with van der Waals surface area (Å²) in [5.41, 5.74) is 0.321. The van der Waals surface area contributed by atoms with Gasteiger partial charge in [0.25, 0.3) is 0 Å². The zero-order valence-corrected chi connectivity index (χ0v) is 14.8. The summed E-state index contributed by atoms with van der Waals surface area (Å²) in [6, 6.07) is 6.22. The van der Waals surface area contributed by atoms with Crippen molar-refractivity contribution >= 4 is 29.2 Å². The highest BCUT2D eigenvalue weighted by Gasteiger charge is 2.27. The van der Waals surface area contributed by atoms with E-state index >= 15 is 0 Å². The number of halogens is 4. The zero-order chi connectivity index (χ0) is 19.6. The molecule has 0 saturated carbocycles. The Kier molecular flexibility index (Phi) is 5.55. The molecule has 0 unspecified atom stereocenters. The maximum Gasteiger partial charge on any atom is 0.323 e. The highest BCUT2D eigenvalue weighted by Crippen LogP contribution is 2.21. The first-order valence-corrected chi connectivity index (χ1v) is 8.44. The Morgan fingerprint density at radius 3 is 2.59 bits per heavy atom. The number of amides is 3. The summed E-state index contributed by atoms with van der Waals surface area (Å²) >= 11 is 5.68. The number of carbonyl (C=O) groups excluding carboxylic acids is 2. The van der Waals surface area contributed by atoms with Gasteiger partial charge in [0.05, 0.1) is 18.2 Å². The Hall–Kier alpha value is -2.74. The van der Waals surface area contributed by atoms with Crippen molar-refractivity contribution in [2.24, 2.45) is 0 Å². The second-order valence-electron chi connectivity index (χ2n) is 6.04. The van der Waals surface area contributed by atoms with Gasteiger partial charge in [-0.2, -0.15) is 0 Å². The first-order valence-electron chi connectivity index (χ1n) is 8.06. The molecule has 0 atom stereocenters. The van der Waals surface area contributed by atoms with Gasteiger partial charge in [-0.3, -0.25) is 4.79 Å². The lowest BCUT2D eigenvalue weighted by Crippen LogP contribution is -2.51. The third-order valence-corrected chi connectivity index (χ3v) is 4.41. The van der Waals surface area contributed by atoms with Crippen molar-refractivity contribution in [2.75, 3.05) is 18.5 Å². The molecule has 1 fully saturated rings. The molecule has 0 aliphatic carbocycles. The van der Waals surface area contributed by atoms with Crippen LogP contribution in [0.3, 0.4) is 0 Å². The molecule has 1 aliphatic rings. The monoisotopic (exact) mass is 397 g/mol. The molecule has 142 valence electrons. The van der Waals surface area contributed by atoms with Crippen LogP contribution < -0.4 is 5.32 Å². The molecule has 0 spiro atoms. The molecule has 3 rings (SSSR count). The quantitative estimate of drug-likeness (QED) is 0.851. The Morgan fingerprint density at radius 2 is 1.85 bits per heavy atom. The van der Waals surface area contributed by atoms with E-state index in [1.54, 1.807) is 0 Å². The molecule has 1 heterocycles. The Labute approximate surface area is 158 Å². The Bertz CT molecular complexity index is 894. The van der Waals surface area contributed by atoms with Crippen LogP contribution in [-0.2, 0) is 11.3 Å². The van der Waals surface area contributed by atoms with Gasteiger partial charge in [-0.25, -0.2) is 18.0 Å². The van der Waals surface area contributed by atoms with Gasteiger partial charge < -0.3 is 15.1 Å². The topological polar surface area (TPSA) is 52.7 Å². The van der Waals surface area contributed by atoms with Crippen LogP contribution in [0, 0.1) is 17.5 Å². The Morgan fingerprint density at radius 1 is 1.11 bits per heavy atom. The van der Waals surface area contributed by atoms with Crippen LogP contribution in [0.4, 0.5) is 23.7 Å². The third kappa shape index (κ3) is 4.51. The number of hydrogen-bond donors (Lipinski definition) is 1. The summed E-state index contributed by atoms with van der Waals surface area (Å²) in [6.45, 7) is -0.0775. The van der Waals surface area contributed by atoms with Crippen molar-refractivity contribution in [1.82, 2.24) is 9.80 Å². The molecule has 1 N–H and O–H groups in total. The second-order valence-corrected chi connectivity index (χ2v) is 6.45. The van der Waals surface area contributed by atoms with Crippen molar-refractivity contribution < 1.29 is 22.8 Å². The minimum Gasteiger partial charge on any atom is -0.320 e. The number of benzene rings is 2. The number of nitrogens with one attached hydrogen (secondary N) is 1. The van der Waals surface area contributed by atoms with Crippen LogP contribution in [0.15, 0.2) is 36.4 Å². The molecule has 0 bridgehead atoms. The molecule has 5 nitrogen and oxygen atoms in total. The molecule has 27 heavy (non-hydrogen) atoms. The van der Waals surface area contributed by atoms with Crippen LogP contribution in [-0.4, -0.2) is 35.0 Å². The third-order valence-electron chi connectivity index (χ3n) is 4.12. The van der Waals surface area contributed by atoms with Gasteiger partial charge in [-0.05, 0) is 36.4 Å². The molecule has 1 aliphatic heterocycles. The van der Waals surface area contributed by atoms with E-state index in [1.165, 1.54) is 21.9 Å². The molecule has 3 amide bonds. The summed E-state index contributed by atoms with van der Waals surface area (Å²) in [4.78, 5) is 27.1. The summed E-state index contributed by atoms with van der Waals surface area (Å²) in [6.07, 6.45) is 0.0501. The molecule has 0 aromatic heterocycles. The van der Waals surface area contributed by atoms with Crippen LogP contribution >= 0.6 is 11.6 Å². The summed E-state index contributed by atoms with van der Waals surface area (Å²) in [5.74, 6) is -2.13. The van der Waals surface area contributed by atoms with Gasteiger partial charge in [-0.1, -0.05) is 11.6 Å². The Balaban J connectivity index is 1.68.